The van der Waals surface area contributed by atoms with Crippen LogP contribution in [0.25, 0.3) is 0 Å². The maximum absolute atomic E-state index is 13.8. The lowest BCUT2D eigenvalue weighted by Crippen LogP contribution is -2.50. The van der Waals surface area contributed by atoms with Crippen LogP contribution in [-0.4, -0.2) is 21.9 Å². The topological polar surface area (TPSA) is 36.0 Å². The van der Waals surface area contributed by atoms with Crippen LogP contribution in [0.3, 0.4) is 0 Å². The van der Waals surface area contributed by atoms with Gasteiger partial charge in [-0.3, -0.25) is 0 Å². The number of aliphatic hydroxyl groups is 1. The second kappa shape index (κ2) is 10.1. The summed E-state index contributed by atoms with van der Waals surface area (Å²) in [7, 11) is 0. The molecule has 32 heavy (non-hydrogen) atoms. The molecule has 0 amide bonds. The van der Waals surface area contributed by atoms with E-state index in [-0.39, 0.29) is 11.3 Å². The van der Waals surface area contributed by atoms with Gasteiger partial charge < -0.3 is 10.1 Å². The first-order valence-electron chi connectivity index (χ1n) is 10.2. The minimum absolute atomic E-state index is 0.0758. The van der Waals surface area contributed by atoms with E-state index in [0.29, 0.717) is 6.42 Å². The molecule has 8 heteroatoms. The van der Waals surface area contributed by atoms with Gasteiger partial charge in [-0.2, -0.15) is 26.3 Å². The molecule has 180 valence electrons. The predicted octanol–water partition coefficient (Wildman–Crippen LogP) is 7.30. The summed E-state index contributed by atoms with van der Waals surface area (Å²) in [4.78, 5) is 2.90. The van der Waals surface area contributed by atoms with E-state index in [1.165, 1.54) is 19.9 Å². The fraction of sp³-hybridized carbons (Fsp3) is 0.500. The van der Waals surface area contributed by atoms with Crippen molar-refractivity contribution < 1.29 is 31.4 Å². The Bertz CT molecular complexity index is 895. The van der Waals surface area contributed by atoms with E-state index >= 15 is 0 Å². The zero-order valence-electron chi connectivity index (χ0n) is 19.0. The van der Waals surface area contributed by atoms with Gasteiger partial charge in [0.2, 0.25) is 0 Å². The van der Waals surface area contributed by atoms with Gasteiger partial charge in [0.25, 0.3) is 0 Å². The Labute approximate surface area is 185 Å². The smallest absolute Gasteiger partial charge is 0.380 e. The zero-order chi connectivity index (χ0) is 25.0. The summed E-state index contributed by atoms with van der Waals surface area (Å²) in [5.41, 5.74) is -3.52. The van der Waals surface area contributed by atoms with E-state index < -0.39 is 41.8 Å². The molecule has 2 aromatic rings. The van der Waals surface area contributed by atoms with E-state index in [1.807, 2.05) is 13.8 Å². The predicted molar refractivity (Wildman–Crippen MR) is 115 cm³/mol. The Balaban J connectivity index is 0.00000161. The molecule has 0 aliphatic carbocycles. The Kier molecular flexibility index (Phi) is 8.82. The van der Waals surface area contributed by atoms with Crippen molar-refractivity contribution in [2.24, 2.45) is 0 Å². The molecule has 1 aromatic heterocycles. The average Bonchev–Trinajstić information content (AvgIpc) is 2.99. The first kappa shape index (κ1) is 27.8. The summed E-state index contributed by atoms with van der Waals surface area (Å²) in [5, 5.41) is 10.6. The molecule has 0 radical (unpaired) electrons. The van der Waals surface area contributed by atoms with Gasteiger partial charge in [-0.15, -0.1) is 6.58 Å². The number of rotatable bonds is 6. The fourth-order valence-corrected chi connectivity index (χ4v) is 3.67. The van der Waals surface area contributed by atoms with Gasteiger partial charge in [-0.05, 0) is 55.4 Å². The largest absolute Gasteiger partial charge is 0.417 e. The summed E-state index contributed by atoms with van der Waals surface area (Å²) < 4.78 is 80.6. The van der Waals surface area contributed by atoms with Crippen molar-refractivity contribution in [3.63, 3.8) is 0 Å². The number of aromatic amines is 1. The molecule has 1 heterocycles. The number of hydrogen-bond acceptors (Lipinski definition) is 1. The van der Waals surface area contributed by atoms with Crippen molar-refractivity contribution in [1.29, 1.82) is 0 Å². The second-order valence-electron chi connectivity index (χ2n) is 8.56. The Morgan fingerprint density at radius 3 is 2.00 bits per heavy atom. The van der Waals surface area contributed by atoms with Crippen LogP contribution in [0, 0.1) is 6.92 Å². The van der Waals surface area contributed by atoms with Crippen LogP contribution in [0.15, 0.2) is 43.0 Å². The number of hydrogen-bond donors (Lipinski definition) is 2. The molecule has 2 N–H and O–H groups in total. The molecule has 2 rings (SSSR count). The minimum Gasteiger partial charge on any atom is -0.380 e. The van der Waals surface area contributed by atoms with Crippen molar-refractivity contribution in [1.82, 2.24) is 4.98 Å². The van der Waals surface area contributed by atoms with E-state index in [9.17, 15) is 31.4 Å². The molecule has 1 aromatic carbocycles. The number of benzene rings is 1. The summed E-state index contributed by atoms with van der Waals surface area (Å²) in [6.45, 7) is 11.7. The molecule has 1 atom stereocenters. The van der Waals surface area contributed by atoms with Crippen LogP contribution in [0.2, 0.25) is 0 Å². The number of halogens is 6. The Hall–Kier alpha value is -2.22. The van der Waals surface area contributed by atoms with E-state index in [4.69, 9.17) is 0 Å². The molecular weight excluding hydrogens is 432 g/mol. The monoisotopic (exact) mass is 463 g/mol. The summed E-state index contributed by atoms with van der Waals surface area (Å²) in [6, 6.07) is 5.77. The maximum atomic E-state index is 13.8. The normalized spacial score (nSPS) is 14.4. The van der Waals surface area contributed by atoms with Crippen molar-refractivity contribution in [2.75, 3.05) is 0 Å². The zero-order valence-corrected chi connectivity index (χ0v) is 19.0. The molecule has 0 saturated heterocycles. The quantitative estimate of drug-likeness (QED) is 0.342. The van der Waals surface area contributed by atoms with Gasteiger partial charge in [0, 0.05) is 17.8 Å². The van der Waals surface area contributed by atoms with E-state index in [1.54, 1.807) is 19.1 Å². The van der Waals surface area contributed by atoms with Crippen molar-refractivity contribution in [3.05, 3.63) is 71.1 Å². The molecule has 0 spiro atoms. The van der Waals surface area contributed by atoms with Crippen molar-refractivity contribution in [3.8, 4) is 0 Å². The van der Waals surface area contributed by atoms with Crippen LogP contribution in [0.5, 0.6) is 0 Å². The van der Waals surface area contributed by atoms with Crippen molar-refractivity contribution in [2.45, 2.75) is 77.2 Å². The molecule has 1 unspecified atom stereocenters. The highest BCUT2D eigenvalue weighted by Crippen LogP contribution is 2.44. The standard InChI is InChI=1S/C21H25F6NO.C3H6/c1-5-17-13(2)9-16(28-17)11-19(29,21(25,26)27)12-18(3,4)14-7-6-8-15(10-14)20(22,23)24;1-3-2/h6-10,28-29H,5,11-12H2,1-4H3;3H,1H2,2H3. The minimum atomic E-state index is -4.96. The fourth-order valence-electron chi connectivity index (χ4n) is 3.67. The summed E-state index contributed by atoms with van der Waals surface area (Å²) in [6.07, 6.45) is -8.71. The van der Waals surface area contributed by atoms with Gasteiger partial charge in [0.15, 0.2) is 5.60 Å². The third-order valence-electron chi connectivity index (χ3n) is 5.25. The van der Waals surface area contributed by atoms with Gasteiger partial charge in [-0.1, -0.05) is 45.0 Å². The highest BCUT2D eigenvalue weighted by atomic mass is 19.4. The highest BCUT2D eigenvalue weighted by molar-refractivity contribution is 5.32. The van der Waals surface area contributed by atoms with Crippen LogP contribution < -0.4 is 0 Å². The first-order chi connectivity index (χ1) is 14.5. The SMILES string of the molecule is C=CC.CCc1[nH]c(CC(O)(CC(C)(C)c2cccc(C(F)(F)F)c2)C(F)(F)F)cc1C. The molecule has 0 bridgehead atoms. The third kappa shape index (κ3) is 6.89. The van der Waals surface area contributed by atoms with Crippen LogP contribution in [0.4, 0.5) is 26.3 Å². The van der Waals surface area contributed by atoms with Gasteiger partial charge in [-0.25, -0.2) is 0 Å². The molecule has 0 aliphatic heterocycles. The molecular formula is C24H31F6NO. The lowest BCUT2D eigenvalue weighted by molar-refractivity contribution is -0.266. The Morgan fingerprint density at radius 2 is 1.56 bits per heavy atom. The van der Waals surface area contributed by atoms with E-state index in [0.717, 1.165) is 29.5 Å². The average molecular weight is 464 g/mol. The molecule has 0 fully saturated rings. The lowest BCUT2D eigenvalue weighted by atomic mass is 9.73. The molecule has 0 aliphatic rings. The van der Waals surface area contributed by atoms with Crippen molar-refractivity contribution >= 4 is 0 Å². The summed E-state index contributed by atoms with van der Waals surface area (Å²) in [5.74, 6) is 0. The lowest BCUT2D eigenvalue weighted by Gasteiger charge is -2.38. The van der Waals surface area contributed by atoms with Crippen LogP contribution in [-0.2, 0) is 24.4 Å². The maximum Gasteiger partial charge on any atom is 0.417 e. The first-order valence-corrected chi connectivity index (χ1v) is 10.2. The molecule has 2 nitrogen and oxygen atoms in total. The number of alkyl halides is 6. The summed E-state index contributed by atoms with van der Waals surface area (Å²) >= 11 is 0. The number of aromatic nitrogens is 1. The molecule has 0 saturated carbocycles. The van der Waals surface area contributed by atoms with E-state index in [2.05, 4.69) is 11.6 Å². The number of allylic oxidation sites excluding steroid dienone is 1. The number of aryl methyl sites for hydroxylation is 2. The number of H-pyrrole nitrogens is 1. The van der Waals surface area contributed by atoms with Crippen LogP contribution in [0.1, 0.15) is 62.2 Å². The Morgan fingerprint density at radius 1 is 1.03 bits per heavy atom. The highest BCUT2D eigenvalue weighted by Gasteiger charge is 2.56. The van der Waals surface area contributed by atoms with Gasteiger partial charge in [0.1, 0.15) is 0 Å². The van der Waals surface area contributed by atoms with Gasteiger partial charge >= 0.3 is 12.4 Å². The van der Waals surface area contributed by atoms with Gasteiger partial charge in [0.05, 0.1) is 5.56 Å². The third-order valence-corrected chi connectivity index (χ3v) is 5.25. The van der Waals surface area contributed by atoms with Crippen LogP contribution >= 0.6 is 0 Å². The number of nitrogens with one attached hydrogen (secondary N) is 1. The second-order valence-corrected chi connectivity index (χ2v) is 8.56.